The summed E-state index contributed by atoms with van der Waals surface area (Å²) in [5.74, 6) is -0.430. The van der Waals surface area contributed by atoms with E-state index >= 15 is 0 Å². The van der Waals surface area contributed by atoms with Crippen LogP contribution in [-0.4, -0.2) is 25.2 Å². The first-order valence-electron chi connectivity index (χ1n) is 8.81. The van der Waals surface area contributed by atoms with Crippen LogP contribution in [0.2, 0.25) is 10.0 Å². The van der Waals surface area contributed by atoms with Crippen LogP contribution in [-0.2, 0) is 0 Å². The molecule has 1 N–H and O–H groups in total. The zero-order chi connectivity index (χ0) is 22.4. The molecule has 0 aromatic heterocycles. The van der Waals surface area contributed by atoms with Crippen LogP contribution in [0.1, 0.15) is 26.3 Å². The van der Waals surface area contributed by atoms with Gasteiger partial charge in [-0.05, 0) is 60.2 Å². The van der Waals surface area contributed by atoms with Crippen molar-refractivity contribution < 1.29 is 19.1 Å². The highest BCUT2D eigenvalue weighted by Gasteiger charge is 2.14. The predicted molar refractivity (Wildman–Crippen MR) is 124 cm³/mol. The van der Waals surface area contributed by atoms with Gasteiger partial charge in [0.1, 0.15) is 0 Å². The topological polar surface area (TPSA) is 77.0 Å². The third kappa shape index (κ3) is 6.07. The Hall–Kier alpha value is -2.87. The zero-order valence-corrected chi connectivity index (χ0v) is 19.2. The second-order valence-electron chi connectivity index (χ2n) is 6.14. The smallest absolute Gasteiger partial charge is 0.343 e. The number of benzene rings is 3. The Balaban J connectivity index is 1.69. The molecule has 6 nitrogen and oxygen atoms in total. The number of rotatable bonds is 6. The summed E-state index contributed by atoms with van der Waals surface area (Å²) < 4.78 is 11.5. The summed E-state index contributed by atoms with van der Waals surface area (Å²) in [6, 6.07) is 16.2. The van der Waals surface area contributed by atoms with Crippen molar-refractivity contribution in [2.45, 2.75) is 0 Å². The lowest BCUT2D eigenvalue weighted by Crippen LogP contribution is -2.17. The van der Waals surface area contributed by atoms with E-state index < -0.39 is 5.97 Å². The Labute approximate surface area is 196 Å². The van der Waals surface area contributed by atoms with Crippen LogP contribution in [0.5, 0.6) is 11.5 Å². The molecule has 0 unspecified atom stereocenters. The zero-order valence-electron chi connectivity index (χ0n) is 16.1. The van der Waals surface area contributed by atoms with Crippen molar-refractivity contribution in [3.05, 3.63) is 91.9 Å². The van der Waals surface area contributed by atoms with Gasteiger partial charge in [0.15, 0.2) is 11.5 Å². The Bertz CT molecular complexity index is 1170. The minimum atomic E-state index is -0.612. The van der Waals surface area contributed by atoms with Crippen LogP contribution in [0.4, 0.5) is 0 Å². The van der Waals surface area contributed by atoms with Gasteiger partial charge in [0.25, 0.3) is 5.91 Å². The molecule has 0 atom stereocenters. The van der Waals surface area contributed by atoms with Gasteiger partial charge >= 0.3 is 5.97 Å². The average molecular weight is 522 g/mol. The number of nitrogens with one attached hydrogen (secondary N) is 1. The van der Waals surface area contributed by atoms with Gasteiger partial charge in [0.2, 0.25) is 0 Å². The van der Waals surface area contributed by atoms with E-state index in [1.165, 1.54) is 31.5 Å². The lowest BCUT2D eigenvalue weighted by Gasteiger charge is -2.10. The van der Waals surface area contributed by atoms with Crippen LogP contribution < -0.4 is 14.9 Å². The molecule has 3 rings (SSSR count). The van der Waals surface area contributed by atoms with Crippen LogP contribution >= 0.6 is 39.1 Å². The molecule has 0 bridgehead atoms. The molecule has 0 saturated heterocycles. The Morgan fingerprint density at radius 2 is 1.77 bits per heavy atom. The highest BCUT2D eigenvalue weighted by molar-refractivity contribution is 9.10. The SMILES string of the molecule is COc1cc(/C=N/NC(=O)c2cccc(Br)c2)ccc1OC(=O)c1ccc(Cl)c(Cl)c1. The maximum atomic E-state index is 12.4. The summed E-state index contributed by atoms with van der Waals surface area (Å²) >= 11 is 15.1. The van der Waals surface area contributed by atoms with Crippen molar-refractivity contribution in [1.82, 2.24) is 5.43 Å². The normalized spacial score (nSPS) is 10.7. The lowest BCUT2D eigenvalue weighted by molar-refractivity contribution is 0.0729. The molecule has 3 aromatic rings. The standard InChI is InChI=1S/C22H15BrCl2N2O4/c1-30-20-9-13(12-26-27-21(28)14-3-2-4-16(23)10-14)5-8-19(20)31-22(29)15-6-7-17(24)18(25)11-15/h2-12H,1H3,(H,27,28)/b26-12+. The minimum Gasteiger partial charge on any atom is -0.493 e. The van der Waals surface area contributed by atoms with E-state index in [4.69, 9.17) is 32.7 Å². The first kappa shape index (κ1) is 22.8. The third-order valence-corrected chi connectivity index (χ3v) is 5.24. The average Bonchev–Trinajstić information content (AvgIpc) is 2.76. The van der Waals surface area contributed by atoms with Crippen molar-refractivity contribution in [2.24, 2.45) is 5.10 Å². The second-order valence-corrected chi connectivity index (χ2v) is 7.87. The maximum absolute atomic E-state index is 12.4. The number of methoxy groups -OCH3 is 1. The molecule has 3 aromatic carbocycles. The van der Waals surface area contributed by atoms with Crippen molar-refractivity contribution in [2.75, 3.05) is 7.11 Å². The largest absolute Gasteiger partial charge is 0.493 e. The van der Waals surface area contributed by atoms with Crippen molar-refractivity contribution in [1.29, 1.82) is 0 Å². The lowest BCUT2D eigenvalue weighted by atomic mass is 10.2. The van der Waals surface area contributed by atoms with E-state index in [-0.39, 0.29) is 22.2 Å². The minimum absolute atomic E-state index is 0.217. The molecular weight excluding hydrogens is 507 g/mol. The van der Waals surface area contributed by atoms with E-state index in [0.717, 1.165) is 4.47 Å². The van der Waals surface area contributed by atoms with E-state index in [1.54, 1.807) is 36.4 Å². The Morgan fingerprint density at radius 1 is 0.968 bits per heavy atom. The number of carbonyl (C=O) groups excluding carboxylic acids is 2. The Kier molecular flexibility index (Phi) is 7.68. The first-order valence-corrected chi connectivity index (χ1v) is 10.4. The van der Waals surface area contributed by atoms with Gasteiger partial charge in [-0.25, -0.2) is 10.2 Å². The van der Waals surface area contributed by atoms with E-state index in [9.17, 15) is 9.59 Å². The van der Waals surface area contributed by atoms with Gasteiger partial charge in [-0.1, -0.05) is 45.2 Å². The van der Waals surface area contributed by atoms with E-state index in [2.05, 4.69) is 26.5 Å². The highest BCUT2D eigenvalue weighted by Crippen LogP contribution is 2.29. The first-order chi connectivity index (χ1) is 14.9. The van der Waals surface area contributed by atoms with Crippen LogP contribution in [0.25, 0.3) is 0 Å². The van der Waals surface area contributed by atoms with Gasteiger partial charge in [-0.15, -0.1) is 0 Å². The third-order valence-electron chi connectivity index (χ3n) is 4.01. The van der Waals surface area contributed by atoms with Gasteiger partial charge in [0, 0.05) is 10.0 Å². The molecule has 0 aliphatic carbocycles. The monoisotopic (exact) mass is 520 g/mol. The molecule has 9 heteroatoms. The number of ether oxygens (including phenoxy) is 2. The molecule has 158 valence electrons. The predicted octanol–water partition coefficient (Wildman–Crippen LogP) is 5.75. The number of nitrogens with zero attached hydrogens (tertiary/aromatic N) is 1. The van der Waals surface area contributed by atoms with E-state index in [0.29, 0.717) is 21.9 Å². The molecule has 0 fully saturated rings. The number of halogens is 3. The quantitative estimate of drug-likeness (QED) is 0.194. The second kappa shape index (κ2) is 10.4. The summed E-state index contributed by atoms with van der Waals surface area (Å²) in [4.78, 5) is 24.5. The van der Waals surface area contributed by atoms with Crippen LogP contribution in [0, 0.1) is 0 Å². The van der Waals surface area contributed by atoms with Gasteiger partial charge in [-0.2, -0.15) is 5.10 Å². The summed E-state index contributed by atoms with van der Waals surface area (Å²) in [5.41, 5.74) is 3.79. The summed E-state index contributed by atoms with van der Waals surface area (Å²) in [6.45, 7) is 0. The molecule has 31 heavy (non-hydrogen) atoms. The number of amides is 1. The van der Waals surface area contributed by atoms with Crippen molar-refractivity contribution in [3.63, 3.8) is 0 Å². The number of carbonyl (C=O) groups is 2. The number of hydrogen-bond donors (Lipinski definition) is 1. The summed E-state index contributed by atoms with van der Waals surface area (Å²) in [7, 11) is 1.45. The number of esters is 1. The summed E-state index contributed by atoms with van der Waals surface area (Å²) in [5, 5.41) is 4.54. The van der Waals surface area contributed by atoms with Gasteiger partial charge in [-0.3, -0.25) is 4.79 Å². The van der Waals surface area contributed by atoms with Crippen molar-refractivity contribution >= 4 is 57.2 Å². The fourth-order valence-electron chi connectivity index (χ4n) is 2.49. The molecule has 0 aliphatic heterocycles. The highest BCUT2D eigenvalue weighted by atomic mass is 79.9. The molecular formula is C22H15BrCl2N2O4. The molecule has 0 radical (unpaired) electrons. The van der Waals surface area contributed by atoms with Gasteiger partial charge in [0.05, 0.1) is 28.9 Å². The molecule has 0 spiro atoms. The maximum Gasteiger partial charge on any atom is 0.343 e. The summed E-state index contributed by atoms with van der Waals surface area (Å²) in [6.07, 6.45) is 1.45. The fraction of sp³-hybridized carbons (Fsp3) is 0.0455. The Morgan fingerprint density at radius 3 is 2.48 bits per heavy atom. The van der Waals surface area contributed by atoms with Crippen LogP contribution in [0.15, 0.2) is 70.2 Å². The molecule has 1 amide bonds. The number of hydrazone groups is 1. The fourth-order valence-corrected chi connectivity index (χ4v) is 3.19. The van der Waals surface area contributed by atoms with E-state index in [1.807, 2.05) is 6.07 Å². The number of hydrogen-bond acceptors (Lipinski definition) is 5. The van der Waals surface area contributed by atoms with Crippen molar-refractivity contribution in [3.8, 4) is 11.5 Å². The molecule has 0 saturated carbocycles. The van der Waals surface area contributed by atoms with Crippen LogP contribution in [0.3, 0.4) is 0 Å². The van der Waals surface area contributed by atoms with Gasteiger partial charge < -0.3 is 9.47 Å². The molecule has 0 heterocycles. The molecule has 0 aliphatic rings.